The SMILES string of the molecule is COC(=O)N1CCc2ccc(NS(=O)(=O)c3ccc(OC)c(OC)c3)cc2C1. The van der Waals surface area contributed by atoms with Crippen LogP contribution < -0.4 is 14.2 Å². The van der Waals surface area contributed by atoms with Crippen LogP contribution in [0.15, 0.2) is 41.3 Å². The fourth-order valence-corrected chi connectivity index (χ4v) is 4.17. The lowest BCUT2D eigenvalue weighted by molar-refractivity contribution is 0.118. The average Bonchev–Trinajstić information content (AvgIpc) is 2.71. The summed E-state index contributed by atoms with van der Waals surface area (Å²) in [4.78, 5) is 13.4. The van der Waals surface area contributed by atoms with E-state index in [2.05, 4.69) is 4.72 Å². The van der Waals surface area contributed by atoms with Gasteiger partial charge in [-0.25, -0.2) is 13.2 Å². The van der Waals surface area contributed by atoms with E-state index in [4.69, 9.17) is 14.2 Å². The second kappa shape index (κ2) is 7.97. The lowest BCUT2D eigenvalue weighted by Crippen LogP contribution is -2.35. The molecule has 0 unspecified atom stereocenters. The molecule has 2 aromatic rings. The number of hydrogen-bond donors (Lipinski definition) is 1. The van der Waals surface area contributed by atoms with Gasteiger partial charge in [0.1, 0.15) is 0 Å². The molecular formula is C19H22N2O6S. The maximum Gasteiger partial charge on any atom is 0.409 e. The molecule has 1 heterocycles. The molecule has 2 aromatic carbocycles. The minimum atomic E-state index is -3.82. The van der Waals surface area contributed by atoms with E-state index in [1.807, 2.05) is 6.07 Å². The molecule has 1 aliphatic heterocycles. The van der Waals surface area contributed by atoms with Gasteiger partial charge >= 0.3 is 6.09 Å². The van der Waals surface area contributed by atoms with Gasteiger partial charge in [-0.05, 0) is 41.8 Å². The van der Waals surface area contributed by atoms with Gasteiger partial charge in [0.05, 0.1) is 26.2 Å². The molecule has 150 valence electrons. The Morgan fingerprint density at radius 1 is 1.00 bits per heavy atom. The second-order valence-electron chi connectivity index (χ2n) is 6.25. The Morgan fingerprint density at radius 2 is 1.75 bits per heavy atom. The van der Waals surface area contributed by atoms with E-state index in [9.17, 15) is 13.2 Å². The van der Waals surface area contributed by atoms with Gasteiger partial charge < -0.3 is 19.1 Å². The van der Waals surface area contributed by atoms with Gasteiger partial charge in [0, 0.05) is 24.8 Å². The van der Waals surface area contributed by atoms with E-state index in [1.54, 1.807) is 17.0 Å². The monoisotopic (exact) mass is 406 g/mol. The van der Waals surface area contributed by atoms with E-state index < -0.39 is 16.1 Å². The Morgan fingerprint density at radius 3 is 2.43 bits per heavy atom. The third-order valence-corrected chi connectivity index (χ3v) is 5.95. The van der Waals surface area contributed by atoms with E-state index in [0.29, 0.717) is 36.7 Å². The zero-order valence-corrected chi connectivity index (χ0v) is 16.7. The van der Waals surface area contributed by atoms with Crippen LogP contribution in [0.5, 0.6) is 11.5 Å². The molecule has 0 spiro atoms. The van der Waals surface area contributed by atoms with Crippen LogP contribution in [0.1, 0.15) is 11.1 Å². The highest BCUT2D eigenvalue weighted by Gasteiger charge is 2.22. The Hall–Kier alpha value is -2.94. The molecule has 0 atom stereocenters. The largest absolute Gasteiger partial charge is 0.493 e. The van der Waals surface area contributed by atoms with Crippen molar-refractivity contribution in [3.8, 4) is 11.5 Å². The number of nitrogens with zero attached hydrogens (tertiary/aromatic N) is 1. The zero-order valence-electron chi connectivity index (χ0n) is 15.9. The van der Waals surface area contributed by atoms with Crippen LogP contribution in [-0.2, 0) is 27.7 Å². The summed E-state index contributed by atoms with van der Waals surface area (Å²) in [6, 6.07) is 9.71. The first-order chi connectivity index (χ1) is 13.4. The summed E-state index contributed by atoms with van der Waals surface area (Å²) in [6.45, 7) is 0.935. The molecule has 0 aliphatic carbocycles. The van der Waals surface area contributed by atoms with Gasteiger partial charge in [0.2, 0.25) is 0 Å². The van der Waals surface area contributed by atoms with Crippen molar-refractivity contribution in [3.63, 3.8) is 0 Å². The third kappa shape index (κ3) is 3.99. The minimum Gasteiger partial charge on any atom is -0.493 e. The molecule has 3 rings (SSSR count). The highest BCUT2D eigenvalue weighted by atomic mass is 32.2. The second-order valence-corrected chi connectivity index (χ2v) is 7.93. The number of benzene rings is 2. The summed E-state index contributed by atoms with van der Waals surface area (Å²) in [5.41, 5.74) is 2.37. The Bertz CT molecular complexity index is 990. The summed E-state index contributed by atoms with van der Waals surface area (Å²) in [5, 5.41) is 0. The Balaban J connectivity index is 1.85. The standard InChI is InChI=1S/C19H22N2O6S/c1-25-17-7-6-16(11-18(17)26-2)28(23,24)20-15-5-4-13-8-9-21(19(22)27-3)12-14(13)10-15/h4-7,10-11,20H,8-9,12H2,1-3H3. The number of rotatable bonds is 5. The maximum atomic E-state index is 12.8. The molecule has 1 N–H and O–H groups in total. The molecule has 0 saturated carbocycles. The van der Waals surface area contributed by atoms with Crippen LogP contribution in [0, 0.1) is 0 Å². The van der Waals surface area contributed by atoms with Crippen molar-refractivity contribution in [2.24, 2.45) is 0 Å². The molecule has 0 bridgehead atoms. The van der Waals surface area contributed by atoms with E-state index in [-0.39, 0.29) is 4.90 Å². The molecule has 0 saturated heterocycles. The summed E-state index contributed by atoms with van der Waals surface area (Å²) in [7, 11) is 0.440. The molecule has 0 fully saturated rings. The first kappa shape index (κ1) is 19.8. The summed E-state index contributed by atoms with van der Waals surface area (Å²) < 4.78 is 43.2. The smallest absolute Gasteiger partial charge is 0.409 e. The Kier molecular flexibility index (Phi) is 5.64. The van der Waals surface area contributed by atoms with Crippen molar-refractivity contribution in [3.05, 3.63) is 47.5 Å². The van der Waals surface area contributed by atoms with Crippen LogP contribution in [0.2, 0.25) is 0 Å². The van der Waals surface area contributed by atoms with Crippen molar-refractivity contribution in [1.29, 1.82) is 0 Å². The van der Waals surface area contributed by atoms with E-state index in [0.717, 1.165) is 11.1 Å². The van der Waals surface area contributed by atoms with Gasteiger partial charge in [-0.3, -0.25) is 4.72 Å². The lowest BCUT2D eigenvalue weighted by atomic mass is 9.99. The van der Waals surface area contributed by atoms with Gasteiger partial charge in [-0.15, -0.1) is 0 Å². The summed E-state index contributed by atoms with van der Waals surface area (Å²) in [5.74, 6) is 0.766. The molecule has 8 nitrogen and oxygen atoms in total. The fourth-order valence-electron chi connectivity index (χ4n) is 3.10. The third-order valence-electron chi connectivity index (χ3n) is 4.57. The van der Waals surface area contributed by atoms with Crippen LogP contribution >= 0.6 is 0 Å². The summed E-state index contributed by atoms with van der Waals surface area (Å²) >= 11 is 0. The molecule has 9 heteroatoms. The van der Waals surface area contributed by atoms with Crippen LogP contribution in [-0.4, -0.2) is 47.3 Å². The van der Waals surface area contributed by atoms with Crippen molar-refractivity contribution >= 4 is 21.8 Å². The number of methoxy groups -OCH3 is 3. The highest BCUT2D eigenvalue weighted by Crippen LogP contribution is 2.31. The number of sulfonamides is 1. The van der Waals surface area contributed by atoms with E-state index in [1.165, 1.54) is 39.5 Å². The Labute approximate surface area is 164 Å². The van der Waals surface area contributed by atoms with Crippen LogP contribution in [0.3, 0.4) is 0 Å². The number of anilines is 1. The van der Waals surface area contributed by atoms with Crippen LogP contribution in [0.4, 0.5) is 10.5 Å². The zero-order chi connectivity index (χ0) is 20.3. The number of carbonyl (C=O) groups is 1. The molecule has 1 amide bonds. The fraction of sp³-hybridized carbons (Fsp3) is 0.316. The molecule has 0 radical (unpaired) electrons. The topological polar surface area (TPSA) is 94.2 Å². The first-order valence-corrected chi connectivity index (χ1v) is 10.1. The first-order valence-electron chi connectivity index (χ1n) is 8.57. The normalized spacial score (nSPS) is 13.5. The van der Waals surface area contributed by atoms with Crippen LogP contribution in [0.25, 0.3) is 0 Å². The highest BCUT2D eigenvalue weighted by molar-refractivity contribution is 7.92. The average molecular weight is 406 g/mol. The number of fused-ring (bicyclic) bond motifs is 1. The lowest BCUT2D eigenvalue weighted by Gasteiger charge is -2.28. The van der Waals surface area contributed by atoms with Crippen molar-refractivity contribution in [2.45, 2.75) is 17.9 Å². The van der Waals surface area contributed by atoms with E-state index >= 15 is 0 Å². The quantitative estimate of drug-likeness (QED) is 0.820. The minimum absolute atomic E-state index is 0.0547. The number of carbonyl (C=O) groups excluding carboxylic acids is 1. The predicted molar refractivity (Wildman–Crippen MR) is 103 cm³/mol. The van der Waals surface area contributed by atoms with Gasteiger partial charge in [-0.1, -0.05) is 6.07 Å². The van der Waals surface area contributed by atoms with Gasteiger partial charge in [0.25, 0.3) is 10.0 Å². The number of amides is 1. The molecule has 1 aliphatic rings. The van der Waals surface area contributed by atoms with Gasteiger partial charge in [0.15, 0.2) is 11.5 Å². The maximum absolute atomic E-state index is 12.8. The number of hydrogen-bond acceptors (Lipinski definition) is 6. The molecule has 28 heavy (non-hydrogen) atoms. The van der Waals surface area contributed by atoms with Crippen molar-refractivity contribution < 1.29 is 27.4 Å². The van der Waals surface area contributed by atoms with Gasteiger partial charge in [-0.2, -0.15) is 0 Å². The predicted octanol–water partition coefficient (Wildman–Crippen LogP) is 2.63. The number of ether oxygens (including phenoxy) is 3. The number of nitrogens with one attached hydrogen (secondary N) is 1. The van der Waals surface area contributed by atoms with Crippen molar-refractivity contribution in [1.82, 2.24) is 4.90 Å². The molecule has 0 aromatic heterocycles. The van der Waals surface area contributed by atoms with Crippen molar-refractivity contribution in [2.75, 3.05) is 32.6 Å². The summed E-state index contributed by atoms with van der Waals surface area (Å²) in [6.07, 6.45) is 0.287. The molecular weight excluding hydrogens is 384 g/mol.